The molecule has 3 rings (SSSR count). The van der Waals surface area contributed by atoms with Crippen LogP contribution in [0.1, 0.15) is 33.4 Å². The molecule has 0 unspecified atom stereocenters. The van der Waals surface area contributed by atoms with Gasteiger partial charge >= 0.3 is 0 Å². The first-order valence-corrected chi connectivity index (χ1v) is 12.0. The quantitative estimate of drug-likeness (QED) is 0.549. The molecule has 0 saturated heterocycles. The van der Waals surface area contributed by atoms with Gasteiger partial charge in [-0.15, -0.1) is 0 Å². The number of hydrogen-bond acceptors (Lipinski definition) is 3. The second kappa shape index (κ2) is 9.17. The van der Waals surface area contributed by atoms with Gasteiger partial charge in [-0.1, -0.05) is 41.5 Å². The van der Waals surface area contributed by atoms with E-state index in [1.54, 1.807) is 36.4 Å². The maximum atomic E-state index is 13.6. The molecule has 0 aliphatic heterocycles. The van der Waals surface area contributed by atoms with E-state index < -0.39 is 15.9 Å². The van der Waals surface area contributed by atoms with E-state index in [0.717, 1.165) is 33.4 Å². The van der Waals surface area contributed by atoms with Crippen molar-refractivity contribution in [3.63, 3.8) is 0 Å². The zero-order valence-electron chi connectivity index (χ0n) is 19.5. The van der Waals surface area contributed by atoms with Gasteiger partial charge in [0.05, 0.1) is 10.6 Å². The third-order valence-corrected chi connectivity index (χ3v) is 7.40. The van der Waals surface area contributed by atoms with Crippen molar-refractivity contribution in [2.24, 2.45) is 0 Å². The molecule has 32 heavy (non-hydrogen) atoms. The molecule has 3 aromatic rings. The van der Waals surface area contributed by atoms with Gasteiger partial charge in [0.1, 0.15) is 6.54 Å². The van der Waals surface area contributed by atoms with Gasteiger partial charge in [0.15, 0.2) is 0 Å². The van der Waals surface area contributed by atoms with Gasteiger partial charge in [-0.25, -0.2) is 8.42 Å². The second-order valence-corrected chi connectivity index (χ2v) is 10.3. The Labute approximate surface area is 191 Å². The number of benzene rings is 3. The van der Waals surface area contributed by atoms with Crippen LogP contribution in [-0.2, 0) is 14.8 Å². The van der Waals surface area contributed by atoms with Gasteiger partial charge in [0.25, 0.3) is 10.0 Å². The predicted octanol–water partition coefficient (Wildman–Crippen LogP) is 5.37. The lowest BCUT2D eigenvalue weighted by Gasteiger charge is -2.25. The van der Waals surface area contributed by atoms with Crippen LogP contribution >= 0.6 is 0 Å². The van der Waals surface area contributed by atoms with E-state index in [1.165, 1.54) is 4.31 Å². The van der Waals surface area contributed by atoms with Gasteiger partial charge in [-0.3, -0.25) is 9.10 Å². The molecule has 0 aliphatic carbocycles. The third-order valence-electron chi connectivity index (χ3n) is 5.62. The molecule has 0 aromatic heterocycles. The summed E-state index contributed by atoms with van der Waals surface area (Å²) < 4.78 is 28.3. The van der Waals surface area contributed by atoms with Crippen LogP contribution in [0.5, 0.6) is 0 Å². The number of sulfonamides is 1. The lowest BCUT2D eigenvalue weighted by molar-refractivity contribution is -0.114. The van der Waals surface area contributed by atoms with Crippen LogP contribution < -0.4 is 9.62 Å². The highest BCUT2D eigenvalue weighted by atomic mass is 32.2. The van der Waals surface area contributed by atoms with Crippen molar-refractivity contribution >= 4 is 27.3 Å². The summed E-state index contributed by atoms with van der Waals surface area (Å²) in [5.74, 6) is -0.394. The number of aryl methyl sites for hydroxylation is 6. The van der Waals surface area contributed by atoms with Gasteiger partial charge < -0.3 is 5.32 Å². The van der Waals surface area contributed by atoms with Gasteiger partial charge in [0, 0.05) is 5.69 Å². The van der Waals surface area contributed by atoms with Crippen LogP contribution in [0.25, 0.3) is 0 Å². The Bertz CT molecular complexity index is 1240. The Morgan fingerprint density at radius 1 is 0.750 bits per heavy atom. The molecule has 1 N–H and O–H groups in total. The van der Waals surface area contributed by atoms with Gasteiger partial charge in [0.2, 0.25) is 5.91 Å². The van der Waals surface area contributed by atoms with E-state index in [0.29, 0.717) is 11.4 Å². The zero-order chi connectivity index (χ0) is 23.6. The smallest absolute Gasteiger partial charge is 0.264 e. The van der Waals surface area contributed by atoms with E-state index in [1.807, 2.05) is 59.7 Å². The van der Waals surface area contributed by atoms with Crippen molar-refractivity contribution in [2.45, 2.75) is 46.4 Å². The molecule has 3 aromatic carbocycles. The van der Waals surface area contributed by atoms with E-state index in [2.05, 4.69) is 5.32 Å². The molecule has 0 saturated carbocycles. The van der Waals surface area contributed by atoms with Crippen LogP contribution in [0.15, 0.2) is 59.5 Å². The molecule has 0 aliphatic rings. The highest BCUT2D eigenvalue weighted by Gasteiger charge is 2.27. The molecule has 5 nitrogen and oxygen atoms in total. The van der Waals surface area contributed by atoms with Crippen LogP contribution in [0.2, 0.25) is 0 Å². The Kier molecular flexibility index (Phi) is 6.74. The third kappa shape index (κ3) is 5.02. The molecule has 1 amide bonds. The summed E-state index contributed by atoms with van der Waals surface area (Å²) in [6, 6.07) is 16.1. The summed E-state index contributed by atoms with van der Waals surface area (Å²) >= 11 is 0. The highest BCUT2D eigenvalue weighted by molar-refractivity contribution is 7.92. The van der Waals surface area contributed by atoms with Crippen LogP contribution in [-0.4, -0.2) is 20.9 Å². The predicted molar refractivity (Wildman–Crippen MR) is 131 cm³/mol. The van der Waals surface area contributed by atoms with Crippen molar-refractivity contribution in [1.82, 2.24) is 0 Å². The Balaban J connectivity index is 2.00. The maximum Gasteiger partial charge on any atom is 0.264 e. The molecule has 0 bridgehead atoms. The Morgan fingerprint density at radius 2 is 1.34 bits per heavy atom. The van der Waals surface area contributed by atoms with E-state index in [4.69, 9.17) is 0 Å². The van der Waals surface area contributed by atoms with Crippen LogP contribution in [0.3, 0.4) is 0 Å². The minimum atomic E-state index is -3.94. The molecular formula is C26H30N2O3S. The summed E-state index contributed by atoms with van der Waals surface area (Å²) in [6.07, 6.45) is 0. The molecule has 6 heteroatoms. The maximum absolute atomic E-state index is 13.6. The molecule has 0 radical (unpaired) electrons. The molecule has 0 heterocycles. The van der Waals surface area contributed by atoms with E-state index in [9.17, 15) is 13.2 Å². The molecule has 0 atom stereocenters. The average molecular weight is 451 g/mol. The van der Waals surface area contributed by atoms with Gasteiger partial charge in [-0.05, 0) is 88.1 Å². The summed E-state index contributed by atoms with van der Waals surface area (Å²) in [5, 5.41) is 2.92. The summed E-state index contributed by atoms with van der Waals surface area (Å²) in [6.45, 7) is 11.3. The lowest BCUT2D eigenvalue weighted by Crippen LogP contribution is -2.38. The number of nitrogens with one attached hydrogen (secondary N) is 1. The molecule has 168 valence electrons. The number of anilines is 2. The number of carbonyl (C=O) groups excluding carboxylic acids is 1. The first-order valence-electron chi connectivity index (χ1n) is 10.5. The van der Waals surface area contributed by atoms with Crippen molar-refractivity contribution in [3.05, 3.63) is 88.0 Å². The summed E-state index contributed by atoms with van der Waals surface area (Å²) in [4.78, 5) is 13.2. The standard InChI is InChI=1S/C26H30N2O3S/c1-17-7-11-24(12-8-17)32(30,31)28(23-10-9-19(3)20(4)15-23)16-25(29)27-26-21(5)13-18(2)14-22(26)6/h7-15H,16H2,1-6H3,(H,27,29). The number of rotatable bonds is 6. The molecule has 0 fully saturated rings. The van der Waals surface area contributed by atoms with Crippen LogP contribution in [0.4, 0.5) is 11.4 Å². The molecule has 0 spiro atoms. The normalized spacial score (nSPS) is 11.3. The van der Waals surface area contributed by atoms with Crippen molar-refractivity contribution < 1.29 is 13.2 Å². The fourth-order valence-corrected chi connectivity index (χ4v) is 5.13. The monoisotopic (exact) mass is 450 g/mol. The average Bonchev–Trinajstić information content (AvgIpc) is 2.71. The number of amides is 1. The zero-order valence-corrected chi connectivity index (χ0v) is 20.3. The minimum absolute atomic E-state index is 0.150. The molecular weight excluding hydrogens is 420 g/mol. The van der Waals surface area contributed by atoms with Crippen molar-refractivity contribution in [3.8, 4) is 0 Å². The van der Waals surface area contributed by atoms with Crippen molar-refractivity contribution in [2.75, 3.05) is 16.2 Å². The number of carbonyl (C=O) groups is 1. The van der Waals surface area contributed by atoms with Gasteiger partial charge in [-0.2, -0.15) is 0 Å². The number of nitrogens with zero attached hydrogens (tertiary/aromatic N) is 1. The number of hydrogen-bond donors (Lipinski definition) is 1. The Morgan fingerprint density at radius 3 is 1.91 bits per heavy atom. The topological polar surface area (TPSA) is 66.5 Å². The fourth-order valence-electron chi connectivity index (χ4n) is 3.72. The second-order valence-electron chi connectivity index (χ2n) is 8.42. The highest BCUT2D eigenvalue weighted by Crippen LogP contribution is 2.27. The van der Waals surface area contributed by atoms with Crippen LogP contribution in [0, 0.1) is 41.5 Å². The minimum Gasteiger partial charge on any atom is -0.324 e. The van der Waals surface area contributed by atoms with E-state index >= 15 is 0 Å². The largest absolute Gasteiger partial charge is 0.324 e. The fraction of sp³-hybridized carbons (Fsp3) is 0.269. The first-order chi connectivity index (χ1) is 15.0. The summed E-state index contributed by atoms with van der Waals surface area (Å²) in [7, 11) is -3.94. The Hall–Kier alpha value is -3.12. The van der Waals surface area contributed by atoms with E-state index in [-0.39, 0.29) is 11.4 Å². The first kappa shape index (κ1) is 23.5. The summed E-state index contributed by atoms with van der Waals surface area (Å²) in [5.41, 5.74) is 7.13. The lowest BCUT2D eigenvalue weighted by atomic mass is 10.1. The SMILES string of the molecule is Cc1ccc(S(=O)(=O)N(CC(=O)Nc2c(C)cc(C)cc2C)c2ccc(C)c(C)c2)cc1. The van der Waals surface area contributed by atoms with Crippen molar-refractivity contribution in [1.29, 1.82) is 0 Å².